The van der Waals surface area contributed by atoms with Gasteiger partial charge in [-0.05, 0) is 89.9 Å². The number of aromatic nitrogens is 1. The number of phenolic OH excluding ortho intramolecular Hbond substituents is 1. The second-order valence-electron chi connectivity index (χ2n) is 15.3. The maximum atomic E-state index is 13.3. The van der Waals surface area contributed by atoms with Gasteiger partial charge in [0, 0.05) is 47.5 Å². The SMILES string of the molecule is CC(C)(C)c1cc(OCCOCCOc2ccc(C3CCN(S(=O)(=O)c4ccc(C(=O)NCC(=O)O)cc4)CC3)cc2)c(O)cc1NC(=O)c1c[nH]c2ccccc2c1=O. The molecule has 0 radical (unpaired) electrons. The molecule has 1 fully saturated rings. The number of piperidine rings is 1. The van der Waals surface area contributed by atoms with Crippen molar-refractivity contribution in [2.24, 2.45) is 0 Å². The number of carboxylic acids is 1. The lowest BCUT2D eigenvalue weighted by molar-refractivity contribution is -0.135. The van der Waals surface area contributed by atoms with E-state index in [0.717, 1.165) is 5.56 Å². The highest BCUT2D eigenvalue weighted by Crippen LogP contribution is 2.39. The van der Waals surface area contributed by atoms with Gasteiger partial charge in [0.15, 0.2) is 11.5 Å². The zero-order valence-corrected chi connectivity index (χ0v) is 34.3. The van der Waals surface area contributed by atoms with Crippen LogP contribution in [0.3, 0.4) is 0 Å². The quantitative estimate of drug-likeness (QED) is 0.0767. The van der Waals surface area contributed by atoms with Crippen molar-refractivity contribution in [1.29, 1.82) is 0 Å². The summed E-state index contributed by atoms with van der Waals surface area (Å²) in [5.41, 5.74) is 2.02. The standard InChI is InChI=1S/C44H48N4O11S/c1-44(2,3)35-24-39(38(49)25-37(35)47-43(54)34-26-45-36-7-5-4-6-33(36)41(34)52)59-23-21-57-20-22-58-31-12-8-28(9-13-31)29-16-18-48(19-17-29)60(55,56)32-14-10-30(11-15-32)42(53)46-27-40(50)51/h4-15,24-26,29,49H,16-23,27H2,1-3H3,(H,45,52)(H,46,53)(H,47,54)(H,50,51). The molecule has 16 heteroatoms. The maximum Gasteiger partial charge on any atom is 0.322 e. The number of benzene rings is 4. The van der Waals surface area contributed by atoms with Crippen LogP contribution in [0.25, 0.3) is 10.9 Å². The minimum absolute atomic E-state index is 0.0498. The highest BCUT2D eigenvalue weighted by atomic mass is 32.2. The van der Waals surface area contributed by atoms with Crippen molar-refractivity contribution in [3.8, 4) is 17.2 Å². The van der Waals surface area contributed by atoms with Crippen LogP contribution < -0.4 is 25.5 Å². The van der Waals surface area contributed by atoms with Crippen LogP contribution in [0.15, 0.2) is 101 Å². The zero-order valence-electron chi connectivity index (χ0n) is 33.5. The van der Waals surface area contributed by atoms with Crippen LogP contribution >= 0.6 is 0 Å². The third kappa shape index (κ3) is 10.5. The lowest BCUT2D eigenvalue weighted by Crippen LogP contribution is -2.37. The molecule has 316 valence electrons. The monoisotopic (exact) mass is 840 g/mol. The molecule has 0 spiro atoms. The number of sulfonamides is 1. The summed E-state index contributed by atoms with van der Waals surface area (Å²) in [6.45, 7) is 6.97. The van der Waals surface area contributed by atoms with E-state index in [1.165, 1.54) is 40.8 Å². The summed E-state index contributed by atoms with van der Waals surface area (Å²) in [6, 6.07) is 23.2. The van der Waals surface area contributed by atoms with E-state index in [2.05, 4.69) is 15.6 Å². The van der Waals surface area contributed by atoms with Gasteiger partial charge in [-0.3, -0.25) is 19.2 Å². The number of carbonyl (C=O) groups is 3. The third-order valence-corrected chi connectivity index (χ3v) is 12.0. The fourth-order valence-electron chi connectivity index (χ4n) is 6.92. The minimum Gasteiger partial charge on any atom is -0.504 e. The van der Waals surface area contributed by atoms with E-state index >= 15 is 0 Å². The number of fused-ring (bicyclic) bond motifs is 1. The van der Waals surface area contributed by atoms with Crippen molar-refractivity contribution >= 4 is 44.4 Å². The van der Waals surface area contributed by atoms with Crippen molar-refractivity contribution in [2.75, 3.05) is 51.4 Å². The van der Waals surface area contributed by atoms with Gasteiger partial charge in [-0.25, -0.2) is 8.42 Å². The predicted octanol–water partition coefficient (Wildman–Crippen LogP) is 5.64. The molecule has 60 heavy (non-hydrogen) atoms. The minimum atomic E-state index is -3.77. The number of rotatable bonds is 16. The first-order valence-electron chi connectivity index (χ1n) is 19.4. The molecule has 0 aliphatic carbocycles. The summed E-state index contributed by atoms with van der Waals surface area (Å²) >= 11 is 0. The molecule has 0 saturated carbocycles. The van der Waals surface area contributed by atoms with Crippen molar-refractivity contribution in [2.45, 2.75) is 49.8 Å². The number of hydrogen-bond donors (Lipinski definition) is 5. The summed E-state index contributed by atoms with van der Waals surface area (Å²) < 4.78 is 45.4. The number of ether oxygens (including phenoxy) is 3. The lowest BCUT2D eigenvalue weighted by Gasteiger charge is -2.31. The normalized spacial score (nSPS) is 13.8. The Labute approximate surface area is 347 Å². The molecule has 2 amide bonds. The van der Waals surface area contributed by atoms with Crippen LogP contribution in [0, 0.1) is 0 Å². The van der Waals surface area contributed by atoms with Crippen LogP contribution in [0.2, 0.25) is 0 Å². The summed E-state index contributed by atoms with van der Waals surface area (Å²) in [6.07, 6.45) is 2.65. The van der Waals surface area contributed by atoms with Gasteiger partial charge in [0.2, 0.25) is 15.5 Å². The molecule has 1 aliphatic heterocycles. The predicted molar refractivity (Wildman–Crippen MR) is 225 cm³/mol. The van der Waals surface area contributed by atoms with E-state index in [4.69, 9.17) is 19.3 Å². The molecule has 1 saturated heterocycles. The Hall–Kier alpha value is -6.23. The topological polar surface area (TPSA) is 214 Å². The number of amides is 2. The largest absolute Gasteiger partial charge is 0.504 e. The molecule has 1 aliphatic rings. The van der Waals surface area contributed by atoms with E-state index in [-0.39, 0.29) is 59.9 Å². The summed E-state index contributed by atoms with van der Waals surface area (Å²) in [7, 11) is -3.77. The first-order valence-corrected chi connectivity index (χ1v) is 20.9. The number of carbonyl (C=O) groups excluding carboxylic acids is 2. The van der Waals surface area contributed by atoms with E-state index in [1.807, 2.05) is 45.0 Å². The smallest absolute Gasteiger partial charge is 0.322 e. The van der Waals surface area contributed by atoms with Crippen LogP contribution in [-0.4, -0.2) is 91.8 Å². The molecular formula is C44H48N4O11S. The molecule has 4 aromatic carbocycles. The number of aliphatic carboxylic acids is 1. The van der Waals surface area contributed by atoms with Crippen molar-refractivity contribution in [3.05, 3.63) is 124 Å². The number of para-hydroxylation sites is 1. The fraction of sp³-hybridized carbons (Fsp3) is 0.318. The Morgan fingerprint density at radius 2 is 1.53 bits per heavy atom. The summed E-state index contributed by atoms with van der Waals surface area (Å²) in [5, 5.41) is 25.0. The zero-order chi connectivity index (χ0) is 43.0. The van der Waals surface area contributed by atoms with Gasteiger partial charge in [0.1, 0.15) is 31.1 Å². The molecule has 5 aromatic rings. The molecular weight excluding hydrogens is 793 g/mol. The number of anilines is 1. The lowest BCUT2D eigenvalue weighted by atomic mass is 9.85. The van der Waals surface area contributed by atoms with Gasteiger partial charge in [-0.2, -0.15) is 4.31 Å². The van der Waals surface area contributed by atoms with E-state index in [1.54, 1.807) is 30.3 Å². The number of carboxylic acid groups (broad SMARTS) is 1. The molecule has 5 N–H and O–H groups in total. The van der Waals surface area contributed by atoms with Gasteiger partial charge in [-0.1, -0.05) is 45.0 Å². The Kier molecular flexibility index (Phi) is 13.6. The van der Waals surface area contributed by atoms with E-state index in [9.17, 15) is 32.7 Å². The number of pyridine rings is 1. The molecule has 2 heterocycles. The average molecular weight is 841 g/mol. The Balaban J connectivity index is 0.925. The number of nitrogens with one attached hydrogen (secondary N) is 3. The number of aromatic amines is 1. The van der Waals surface area contributed by atoms with E-state index < -0.39 is 45.2 Å². The highest BCUT2D eigenvalue weighted by Gasteiger charge is 2.30. The maximum absolute atomic E-state index is 13.3. The highest BCUT2D eigenvalue weighted by molar-refractivity contribution is 7.89. The summed E-state index contributed by atoms with van der Waals surface area (Å²) in [5.74, 6) is -1.50. The van der Waals surface area contributed by atoms with Crippen LogP contribution in [-0.2, 0) is 25.0 Å². The third-order valence-electron chi connectivity index (χ3n) is 10.1. The van der Waals surface area contributed by atoms with Crippen LogP contribution in [0.1, 0.15) is 71.4 Å². The first-order chi connectivity index (χ1) is 28.6. The molecule has 0 unspecified atom stereocenters. The van der Waals surface area contributed by atoms with Gasteiger partial charge < -0.3 is 40.0 Å². The Bertz CT molecular complexity index is 2510. The van der Waals surface area contributed by atoms with Crippen molar-refractivity contribution in [1.82, 2.24) is 14.6 Å². The summed E-state index contributed by atoms with van der Waals surface area (Å²) in [4.78, 5) is 52.1. The molecule has 0 bridgehead atoms. The first kappa shape index (κ1) is 43.4. The number of nitrogens with zero attached hydrogens (tertiary/aromatic N) is 1. The van der Waals surface area contributed by atoms with Gasteiger partial charge >= 0.3 is 5.97 Å². The number of aromatic hydroxyl groups is 1. The van der Waals surface area contributed by atoms with Gasteiger partial charge in [0.25, 0.3) is 11.8 Å². The molecule has 6 rings (SSSR count). The number of hydrogen-bond acceptors (Lipinski definition) is 10. The van der Waals surface area contributed by atoms with Crippen molar-refractivity contribution < 1.29 is 47.2 Å². The number of phenols is 1. The Morgan fingerprint density at radius 3 is 2.20 bits per heavy atom. The van der Waals surface area contributed by atoms with Gasteiger partial charge in [-0.15, -0.1) is 0 Å². The second kappa shape index (κ2) is 18.8. The Morgan fingerprint density at radius 1 is 0.867 bits per heavy atom. The fourth-order valence-corrected chi connectivity index (χ4v) is 8.39. The second-order valence-corrected chi connectivity index (χ2v) is 17.2. The molecule has 0 atom stereocenters. The molecule has 1 aromatic heterocycles. The number of H-pyrrole nitrogens is 1. The average Bonchev–Trinajstić information content (AvgIpc) is 3.23. The van der Waals surface area contributed by atoms with E-state index in [0.29, 0.717) is 53.8 Å². The van der Waals surface area contributed by atoms with Gasteiger partial charge in [0.05, 0.1) is 18.1 Å². The van der Waals surface area contributed by atoms with Crippen LogP contribution in [0.4, 0.5) is 5.69 Å². The van der Waals surface area contributed by atoms with Crippen molar-refractivity contribution in [3.63, 3.8) is 0 Å². The molecule has 15 nitrogen and oxygen atoms in total. The van der Waals surface area contributed by atoms with Crippen LogP contribution in [0.5, 0.6) is 17.2 Å².